The summed E-state index contributed by atoms with van der Waals surface area (Å²) in [4.78, 5) is 11.7. The summed E-state index contributed by atoms with van der Waals surface area (Å²) in [6, 6.07) is 18.6. The van der Waals surface area contributed by atoms with Crippen molar-refractivity contribution in [3.63, 3.8) is 0 Å². The first-order valence-electron chi connectivity index (χ1n) is 20.7. The van der Waals surface area contributed by atoms with E-state index < -0.39 is 5.79 Å². The average molecular weight is 815 g/mol. The van der Waals surface area contributed by atoms with E-state index in [1.54, 1.807) is 11.8 Å². The Kier molecular flexibility index (Phi) is 15.1. The molecule has 57 heavy (non-hydrogen) atoms. The summed E-state index contributed by atoms with van der Waals surface area (Å²) in [6.45, 7) is 5.40. The Morgan fingerprint density at radius 1 is 0.982 bits per heavy atom. The summed E-state index contributed by atoms with van der Waals surface area (Å²) in [5.41, 5.74) is 4.37. The van der Waals surface area contributed by atoms with Crippen LogP contribution in [0.15, 0.2) is 101 Å². The highest BCUT2D eigenvalue weighted by atomic mass is 32.2. The second kappa shape index (κ2) is 20.6. The highest BCUT2D eigenvalue weighted by Gasteiger charge is 2.64. The minimum absolute atomic E-state index is 0.0152. The number of ether oxygens (including phenoxy) is 4. The summed E-state index contributed by atoms with van der Waals surface area (Å²) in [5.74, 6) is 2.34. The number of aryl methyl sites for hydroxylation is 1. The summed E-state index contributed by atoms with van der Waals surface area (Å²) in [5, 5.41) is 24.7. The molecule has 2 fully saturated rings. The zero-order chi connectivity index (χ0) is 39.5. The first-order chi connectivity index (χ1) is 28.1. The molecule has 1 aromatic heterocycles. The van der Waals surface area contributed by atoms with Crippen molar-refractivity contribution in [1.29, 1.82) is 0 Å². The Morgan fingerprint density at radius 2 is 1.77 bits per heavy atom. The van der Waals surface area contributed by atoms with Crippen LogP contribution in [0, 0.1) is 17.8 Å². The Hall–Kier alpha value is -3.32. The van der Waals surface area contributed by atoms with Crippen molar-refractivity contribution < 1.29 is 34.0 Å². The largest absolute Gasteiger partial charge is 0.460 e. The maximum absolute atomic E-state index is 9.95. The molecule has 3 heterocycles. The summed E-state index contributed by atoms with van der Waals surface area (Å²) < 4.78 is 27.0. The first kappa shape index (κ1) is 41.8. The predicted octanol–water partition coefficient (Wildman–Crippen LogP) is 9.73. The van der Waals surface area contributed by atoms with E-state index in [2.05, 4.69) is 60.3 Å². The van der Waals surface area contributed by atoms with E-state index in [1.165, 1.54) is 10.5 Å². The van der Waals surface area contributed by atoms with Gasteiger partial charge in [0.05, 0.1) is 30.1 Å². The normalized spacial score (nSPS) is 27.1. The van der Waals surface area contributed by atoms with Crippen LogP contribution in [0.25, 0.3) is 0 Å². The van der Waals surface area contributed by atoms with Gasteiger partial charge >= 0.3 is 0 Å². The van der Waals surface area contributed by atoms with Crippen LogP contribution in [0.3, 0.4) is 0 Å². The minimum Gasteiger partial charge on any atom is -0.460 e. The number of fused-ring (bicyclic) bond motifs is 2. The number of thioether (sulfide) groups is 2. The lowest BCUT2D eigenvalue weighted by molar-refractivity contribution is -0.223. The molecule has 1 saturated carbocycles. The van der Waals surface area contributed by atoms with Gasteiger partial charge < -0.3 is 34.0 Å². The molecular weight excluding hydrogens is 757 g/mol. The van der Waals surface area contributed by atoms with Crippen LogP contribution < -0.4 is 9.47 Å². The molecule has 1 saturated heterocycles. The molecule has 9 nitrogen and oxygen atoms in total. The number of pyridine rings is 1. The van der Waals surface area contributed by atoms with E-state index in [0.717, 1.165) is 104 Å². The number of aromatic nitrogens is 1. The second-order valence-corrected chi connectivity index (χ2v) is 17.6. The van der Waals surface area contributed by atoms with Crippen molar-refractivity contribution in [3.05, 3.63) is 102 Å². The Balaban J connectivity index is 1.35. The van der Waals surface area contributed by atoms with Gasteiger partial charge in [-0.2, -0.15) is 11.8 Å². The van der Waals surface area contributed by atoms with Gasteiger partial charge in [0, 0.05) is 54.8 Å². The summed E-state index contributed by atoms with van der Waals surface area (Å²) >= 11 is 3.57. The van der Waals surface area contributed by atoms with Crippen LogP contribution in [0.1, 0.15) is 81.3 Å². The van der Waals surface area contributed by atoms with E-state index in [1.807, 2.05) is 48.4 Å². The molecule has 306 valence electrons. The third-order valence-corrected chi connectivity index (χ3v) is 13.9. The van der Waals surface area contributed by atoms with Gasteiger partial charge in [-0.05, 0) is 135 Å². The van der Waals surface area contributed by atoms with Crippen molar-refractivity contribution in [2.45, 2.75) is 98.8 Å². The molecule has 2 N–H and O–H groups in total. The molecule has 2 aliphatic heterocycles. The van der Waals surface area contributed by atoms with Gasteiger partial charge in [0.25, 0.3) is 0 Å². The Morgan fingerprint density at radius 3 is 2.51 bits per heavy atom. The number of aliphatic hydroxyl groups excluding tert-OH is 2. The van der Waals surface area contributed by atoms with Crippen LogP contribution >= 0.6 is 23.5 Å². The van der Waals surface area contributed by atoms with Crippen LogP contribution in [0.4, 0.5) is 0 Å². The van der Waals surface area contributed by atoms with Gasteiger partial charge in [-0.3, -0.25) is 4.98 Å². The van der Waals surface area contributed by atoms with Crippen LogP contribution in [0.2, 0.25) is 0 Å². The second-order valence-electron chi connectivity index (χ2n) is 15.4. The van der Waals surface area contributed by atoms with Gasteiger partial charge in [-0.1, -0.05) is 30.1 Å². The maximum Gasteiger partial charge on any atom is 0.230 e. The van der Waals surface area contributed by atoms with Crippen molar-refractivity contribution in [3.8, 4) is 17.2 Å². The molecule has 0 spiro atoms. The minimum atomic E-state index is -1.03. The lowest BCUT2D eigenvalue weighted by Crippen LogP contribution is -2.64. The molecular formula is C46H58N2O7S2. The molecule has 7 atom stereocenters. The van der Waals surface area contributed by atoms with Crippen LogP contribution in [-0.2, 0) is 20.7 Å². The fourth-order valence-electron chi connectivity index (χ4n) is 9.10. The predicted molar refractivity (Wildman–Crippen MR) is 228 cm³/mol. The first-order valence-corrected chi connectivity index (χ1v) is 23.0. The third-order valence-electron chi connectivity index (χ3n) is 11.8. The fraction of sp³-hybridized carbons (Fsp3) is 0.522. The molecule has 0 amide bonds. The van der Waals surface area contributed by atoms with Crippen molar-refractivity contribution in [1.82, 2.24) is 4.98 Å². The number of hydrogen-bond donors (Lipinski definition) is 2. The summed E-state index contributed by atoms with van der Waals surface area (Å²) in [7, 11) is 0. The number of nitrogens with zero attached hydrogens (tertiary/aromatic N) is 2. The van der Waals surface area contributed by atoms with E-state index in [9.17, 15) is 10.2 Å². The smallest absolute Gasteiger partial charge is 0.230 e. The van der Waals surface area contributed by atoms with Gasteiger partial charge in [-0.25, -0.2) is 0 Å². The number of unbranched alkanes of at least 4 members (excludes halogenated alkanes) is 2. The van der Waals surface area contributed by atoms with Crippen molar-refractivity contribution >= 4 is 29.2 Å². The quantitative estimate of drug-likeness (QED) is 0.0495. The lowest BCUT2D eigenvalue weighted by atomic mass is 9.56. The van der Waals surface area contributed by atoms with E-state index in [-0.39, 0.29) is 48.4 Å². The highest BCUT2D eigenvalue weighted by molar-refractivity contribution is 8.00. The zero-order valence-corrected chi connectivity index (χ0v) is 34.8. The highest BCUT2D eigenvalue weighted by Crippen LogP contribution is 2.62. The lowest BCUT2D eigenvalue weighted by Gasteiger charge is -2.58. The molecule has 0 radical (unpaired) electrons. The number of aliphatic hydroxyl groups is 2. The van der Waals surface area contributed by atoms with Crippen molar-refractivity contribution in [2.24, 2.45) is 22.9 Å². The average Bonchev–Trinajstić information content (AvgIpc) is 3.25. The molecule has 2 aromatic carbocycles. The number of hydrogen-bond acceptors (Lipinski definition) is 11. The number of allylic oxidation sites excluding steroid dienone is 1. The van der Waals surface area contributed by atoms with Crippen LogP contribution in [0.5, 0.6) is 17.2 Å². The summed E-state index contributed by atoms with van der Waals surface area (Å²) in [6.07, 6.45) is 19.2. The third kappa shape index (κ3) is 9.94. The monoisotopic (exact) mass is 814 g/mol. The van der Waals surface area contributed by atoms with E-state index >= 15 is 0 Å². The molecule has 4 aliphatic rings. The van der Waals surface area contributed by atoms with E-state index in [0.29, 0.717) is 19.6 Å². The Bertz CT molecular complexity index is 1800. The topological polar surface area (TPSA) is 112 Å². The maximum atomic E-state index is 9.95. The molecule has 2 aliphatic carbocycles. The molecule has 0 bridgehead atoms. The van der Waals surface area contributed by atoms with Crippen LogP contribution in [-0.4, -0.2) is 76.7 Å². The molecule has 11 heteroatoms. The Labute approximate surface area is 346 Å². The number of oxime groups is 1. The SMILES string of the molecule is C=CCO[C@@]12Oc3ccc(Oc4ccc(SC)cc4)cc3[C@H]3[C@H](CCCCO)[C@@H](CCCCO)C=C(C(=NOC4CCCCO4)C[C@@H]1SCCc1ccncc1)[C@H]32. The number of benzene rings is 2. The van der Waals surface area contributed by atoms with Crippen molar-refractivity contribution in [2.75, 3.05) is 38.4 Å². The van der Waals surface area contributed by atoms with Gasteiger partial charge in [0.2, 0.25) is 12.1 Å². The molecule has 3 aromatic rings. The fourth-order valence-corrected chi connectivity index (χ4v) is 10.9. The van der Waals surface area contributed by atoms with E-state index in [4.69, 9.17) is 28.9 Å². The zero-order valence-electron chi connectivity index (χ0n) is 33.1. The van der Waals surface area contributed by atoms with Gasteiger partial charge in [0.1, 0.15) is 17.2 Å². The molecule has 7 rings (SSSR count). The van der Waals surface area contributed by atoms with Gasteiger partial charge in [0.15, 0.2) is 0 Å². The molecule has 1 unspecified atom stereocenters. The van der Waals surface area contributed by atoms with Gasteiger partial charge in [-0.15, -0.1) is 18.3 Å². The number of rotatable bonds is 20. The standard InChI is InChI=1S/C46H58N2O7S2/c1-3-26-52-46-42(57-28-21-32-19-22-47-23-20-32)31-40(48-55-43-12-6-9-27-51-43)38-29-33(10-4-7-24-49)37(11-5-8-25-50)44(45(38)46)39-30-35(15-18-41(39)54-46)53-34-13-16-36(56-2)17-14-34/h3,13-20,22-23,29-30,33,37,42-45,49-50H,1,4-12,21,24-28,31H2,2H3/t33-,37+,42-,43?,44+,45+,46+/m0/s1.